The van der Waals surface area contributed by atoms with Crippen LogP contribution in [0.15, 0.2) is 47.7 Å². The molecule has 2 N–H and O–H groups in total. The van der Waals surface area contributed by atoms with Crippen molar-refractivity contribution in [2.45, 2.75) is 26.3 Å². The Morgan fingerprint density at radius 3 is 2.61 bits per heavy atom. The molecule has 1 aromatic heterocycles. The van der Waals surface area contributed by atoms with E-state index in [0.29, 0.717) is 5.92 Å². The number of benzene rings is 1. The highest BCUT2D eigenvalue weighted by atomic mass is 127. The summed E-state index contributed by atoms with van der Waals surface area (Å²) in [5.74, 6) is 1.26. The van der Waals surface area contributed by atoms with Gasteiger partial charge in [0.1, 0.15) is 0 Å². The number of hydrogen-bond acceptors (Lipinski definition) is 2. The molecule has 1 unspecified atom stereocenters. The van der Waals surface area contributed by atoms with E-state index in [-0.39, 0.29) is 24.0 Å². The van der Waals surface area contributed by atoms with Crippen LogP contribution in [0.1, 0.15) is 24.0 Å². The topological polar surface area (TPSA) is 54.2 Å². The van der Waals surface area contributed by atoms with Crippen LogP contribution < -0.4 is 10.6 Å². The lowest BCUT2D eigenvalue weighted by Gasteiger charge is -2.16. The molecule has 2 rings (SSSR count). The van der Waals surface area contributed by atoms with Gasteiger partial charge >= 0.3 is 0 Å². The molecule has 1 atom stereocenters. The van der Waals surface area contributed by atoms with Crippen LogP contribution in [0.5, 0.6) is 0 Å². The van der Waals surface area contributed by atoms with Crippen LogP contribution in [0, 0.1) is 6.92 Å². The summed E-state index contributed by atoms with van der Waals surface area (Å²) in [6.45, 7) is 6.79. The highest BCUT2D eigenvalue weighted by Gasteiger charge is 2.06. The molecule has 0 radical (unpaired) electrons. The first-order valence-electron chi connectivity index (χ1n) is 7.67. The molecule has 1 aromatic carbocycles. The molecule has 0 spiro atoms. The lowest BCUT2D eigenvalue weighted by Crippen LogP contribution is -2.40. The van der Waals surface area contributed by atoms with Crippen molar-refractivity contribution in [2.24, 2.45) is 4.99 Å². The van der Waals surface area contributed by atoms with Crippen molar-refractivity contribution in [3.63, 3.8) is 0 Å². The van der Waals surface area contributed by atoms with Crippen LogP contribution in [0.3, 0.4) is 0 Å². The van der Waals surface area contributed by atoms with Crippen LogP contribution in [0.4, 0.5) is 0 Å². The Morgan fingerprint density at radius 1 is 1.26 bits per heavy atom. The summed E-state index contributed by atoms with van der Waals surface area (Å²) >= 11 is 0. The number of aryl methyl sites for hydroxylation is 1. The second-order valence-electron chi connectivity index (χ2n) is 5.46. The first kappa shape index (κ1) is 19.5. The predicted octanol–water partition coefficient (Wildman–Crippen LogP) is 2.78. The van der Waals surface area contributed by atoms with E-state index < -0.39 is 0 Å². The Labute approximate surface area is 155 Å². The Hall–Kier alpha value is -1.57. The van der Waals surface area contributed by atoms with E-state index in [9.17, 15) is 0 Å². The Balaban J connectivity index is 0.00000264. The van der Waals surface area contributed by atoms with Crippen LogP contribution in [0.2, 0.25) is 0 Å². The first-order chi connectivity index (χ1) is 10.7. The van der Waals surface area contributed by atoms with E-state index in [1.807, 2.05) is 16.9 Å². The second-order valence-corrected chi connectivity index (χ2v) is 5.46. The van der Waals surface area contributed by atoms with Crippen molar-refractivity contribution in [1.82, 2.24) is 20.4 Å². The molecule has 0 saturated carbocycles. The van der Waals surface area contributed by atoms with Crippen molar-refractivity contribution < 1.29 is 0 Å². The molecule has 0 bridgehead atoms. The van der Waals surface area contributed by atoms with E-state index >= 15 is 0 Å². The van der Waals surface area contributed by atoms with Gasteiger partial charge in [0.25, 0.3) is 0 Å². The average molecular weight is 427 g/mol. The summed E-state index contributed by atoms with van der Waals surface area (Å²) in [6.07, 6.45) is 3.74. The molecule has 0 saturated heterocycles. The maximum atomic E-state index is 4.25. The van der Waals surface area contributed by atoms with Gasteiger partial charge in [-0.3, -0.25) is 9.67 Å². The van der Waals surface area contributed by atoms with Gasteiger partial charge in [-0.15, -0.1) is 24.0 Å². The summed E-state index contributed by atoms with van der Waals surface area (Å²) in [6, 6.07) is 10.6. The minimum atomic E-state index is 0. The van der Waals surface area contributed by atoms with Crippen molar-refractivity contribution in [3.05, 3.63) is 53.9 Å². The lowest BCUT2D eigenvalue weighted by atomic mass is 10.0. The summed E-state index contributed by atoms with van der Waals surface area (Å²) in [5.41, 5.74) is 2.63. The van der Waals surface area contributed by atoms with Gasteiger partial charge in [0.15, 0.2) is 5.96 Å². The van der Waals surface area contributed by atoms with E-state index in [4.69, 9.17) is 0 Å². The van der Waals surface area contributed by atoms with E-state index in [1.165, 1.54) is 11.1 Å². The fourth-order valence-electron chi connectivity index (χ4n) is 2.20. The Kier molecular flexibility index (Phi) is 8.68. The molecule has 0 amide bonds. The highest BCUT2D eigenvalue weighted by Crippen LogP contribution is 2.14. The van der Waals surface area contributed by atoms with E-state index in [0.717, 1.165) is 25.6 Å². The van der Waals surface area contributed by atoms with Gasteiger partial charge in [-0.05, 0) is 24.5 Å². The standard InChI is InChI=1S/C17H25N5.HI/c1-14-5-7-16(8-6-14)15(2)13-20-17(18-3)19-10-12-22-11-4-9-21-22;/h4-9,11,15H,10,12-13H2,1-3H3,(H2,18,19,20);1H. The van der Waals surface area contributed by atoms with Crippen molar-refractivity contribution >= 4 is 29.9 Å². The summed E-state index contributed by atoms with van der Waals surface area (Å²) < 4.78 is 1.90. The quantitative estimate of drug-likeness (QED) is 0.424. The van der Waals surface area contributed by atoms with Crippen molar-refractivity contribution in [3.8, 4) is 0 Å². The molecule has 2 aromatic rings. The number of halogens is 1. The molecule has 0 aliphatic carbocycles. The monoisotopic (exact) mass is 427 g/mol. The SMILES string of the molecule is CN=C(NCCn1cccn1)NCC(C)c1ccc(C)cc1.I. The zero-order valence-corrected chi connectivity index (χ0v) is 16.3. The first-order valence-corrected chi connectivity index (χ1v) is 7.67. The van der Waals surface area contributed by atoms with E-state index in [2.05, 4.69) is 58.8 Å². The summed E-state index contributed by atoms with van der Waals surface area (Å²) in [4.78, 5) is 4.25. The highest BCUT2D eigenvalue weighted by molar-refractivity contribution is 14.0. The number of hydrogen-bond donors (Lipinski definition) is 2. The lowest BCUT2D eigenvalue weighted by molar-refractivity contribution is 0.595. The minimum absolute atomic E-state index is 0. The van der Waals surface area contributed by atoms with Gasteiger partial charge in [0, 0.05) is 32.5 Å². The van der Waals surface area contributed by atoms with Gasteiger partial charge in [-0.1, -0.05) is 36.8 Å². The third-order valence-electron chi connectivity index (χ3n) is 3.64. The zero-order valence-electron chi connectivity index (χ0n) is 14.0. The molecule has 0 aliphatic heterocycles. The van der Waals surface area contributed by atoms with Crippen LogP contribution in [-0.4, -0.2) is 35.9 Å². The summed E-state index contributed by atoms with van der Waals surface area (Å²) in [7, 11) is 1.79. The number of nitrogens with one attached hydrogen (secondary N) is 2. The van der Waals surface area contributed by atoms with E-state index in [1.54, 1.807) is 13.2 Å². The predicted molar refractivity (Wildman–Crippen MR) is 107 cm³/mol. The normalized spacial score (nSPS) is 12.4. The number of guanidine groups is 1. The van der Waals surface area contributed by atoms with Gasteiger partial charge in [-0.25, -0.2) is 0 Å². The van der Waals surface area contributed by atoms with Crippen LogP contribution >= 0.6 is 24.0 Å². The fraction of sp³-hybridized carbons (Fsp3) is 0.412. The van der Waals surface area contributed by atoms with Crippen molar-refractivity contribution in [1.29, 1.82) is 0 Å². The number of rotatable bonds is 6. The number of aliphatic imine (C=N–C) groups is 1. The van der Waals surface area contributed by atoms with Crippen molar-refractivity contribution in [2.75, 3.05) is 20.1 Å². The third-order valence-corrected chi connectivity index (χ3v) is 3.64. The molecule has 1 heterocycles. The number of aromatic nitrogens is 2. The zero-order chi connectivity index (χ0) is 15.8. The maximum Gasteiger partial charge on any atom is 0.191 e. The van der Waals surface area contributed by atoms with Crippen LogP contribution in [-0.2, 0) is 6.54 Å². The molecule has 0 fully saturated rings. The van der Waals surface area contributed by atoms with Crippen LogP contribution in [0.25, 0.3) is 0 Å². The number of nitrogens with zero attached hydrogens (tertiary/aromatic N) is 3. The third kappa shape index (κ3) is 6.60. The van der Waals surface area contributed by atoms with Gasteiger partial charge < -0.3 is 10.6 Å². The molecule has 126 valence electrons. The fourth-order valence-corrected chi connectivity index (χ4v) is 2.20. The van der Waals surface area contributed by atoms with Gasteiger partial charge in [0.2, 0.25) is 0 Å². The largest absolute Gasteiger partial charge is 0.356 e. The van der Waals surface area contributed by atoms with Gasteiger partial charge in [-0.2, -0.15) is 5.10 Å². The second kappa shape index (κ2) is 10.3. The molecule has 5 nitrogen and oxygen atoms in total. The minimum Gasteiger partial charge on any atom is -0.356 e. The summed E-state index contributed by atoms with van der Waals surface area (Å²) in [5, 5.41) is 10.8. The smallest absolute Gasteiger partial charge is 0.191 e. The molecular formula is C17H26IN5. The molecular weight excluding hydrogens is 401 g/mol. The van der Waals surface area contributed by atoms with Gasteiger partial charge in [0.05, 0.1) is 6.54 Å². The maximum absolute atomic E-state index is 4.25. The Bertz CT molecular complexity index is 578. The molecule has 0 aliphatic rings. The Morgan fingerprint density at radius 2 is 2.00 bits per heavy atom. The molecule has 23 heavy (non-hydrogen) atoms. The molecule has 6 heteroatoms. The average Bonchev–Trinajstić information content (AvgIpc) is 3.04.